The largest absolute Gasteiger partial charge is 0.282 e. The van der Waals surface area contributed by atoms with Gasteiger partial charge in [0.25, 0.3) is 0 Å². The van der Waals surface area contributed by atoms with Gasteiger partial charge < -0.3 is 0 Å². The molecule has 0 spiro atoms. The van der Waals surface area contributed by atoms with Crippen molar-refractivity contribution in [1.29, 1.82) is 0 Å². The average Bonchev–Trinajstić information content (AvgIpc) is 2.46. The number of aromatic amines is 1. The Morgan fingerprint density at radius 1 is 1.36 bits per heavy atom. The molecule has 1 N–H and O–H groups in total. The molecule has 0 saturated heterocycles. The van der Waals surface area contributed by atoms with Crippen LogP contribution in [0.2, 0.25) is 0 Å². The first kappa shape index (κ1) is 9.25. The molecule has 0 unspecified atom stereocenters. The van der Waals surface area contributed by atoms with Crippen molar-refractivity contribution in [2.75, 3.05) is 0 Å². The number of H-pyrrole nitrogens is 1. The highest BCUT2D eigenvalue weighted by molar-refractivity contribution is 5.81. The first-order chi connectivity index (χ1) is 6.66. The van der Waals surface area contributed by atoms with E-state index in [9.17, 15) is 0 Å². The monoisotopic (exact) mass is 188 g/mol. The van der Waals surface area contributed by atoms with Gasteiger partial charge in [-0.3, -0.25) is 5.10 Å². The van der Waals surface area contributed by atoms with E-state index in [4.69, 9.17) is 0 Å². The molecule has 0 amide bonds. The van der Waals surface area contributed by atoms with Crippen molar-refractivity contribution in [3.05, 3.63) is 29.5 Å². The van der Waals surface area contributed by atoms with Gasteiger partial charge in [-0.25, -0.2) is 0 Å². The standard InChI is InChI=1S/C12H16N2/c1-8(2)6-10-4-5-11-9(3)13-14-12(11)7-10/h4-5,7-8H,6H2,1-3H3,(H,13,14). The summed E-state index contributed by atoms with van der Waals surface area (Å²) in [6.45, 7) is 6.53. The Bertz CT molecular complexity index is 441. The molecular formula is C12H16N2. The summed E-state index contributed by atoms with van der Waals surface area (Å²) in [5.41, 5.74) is 3.61. The van der Waals surface area contributed by atoms with E-state index < -0.39 is 0 Å². The molecule has 0 aliphatic rings. The van der Waals surface area contributed by atoms with E-state index in [-0.39, 0.29) is 0 Å². The van der Waals surface area contributed by atoms with Crippen LogP contribution in [-0.4, -0.2) is 10.2 Å². The molecule has 0 bridgehead atoms. The third-order valence-electron chi connectivity index (χ3n) is 2.45. The van der Waals surface area contributed by atoms with Crippen molar-refractivity contribution in [3.8, 4) is 0 Å². The highest BCUT2D eigenvalue weighted by atomic mass is 15.1. The molecule has 2 rings (SSSR count). The molecule has 2 nitrogen and oxygen atoms in total. The number of aromatic nitrogens is 2. The molecule has 14 heavy (non-hydrogen) atoms. The van der Waals surface area contributed by atoms with Crippen LogP contribution in [-0.2, 0) is 6.42 Å². The SMILES string of the molecule is Cc1[nH]nc2cc(CC(C)C)ccc12. The van der Waals surface area contributed by atoms with E-state index in [1.165, 1.54) is 10.9 Å². The summed E-state index contributed by atoms with van der Waals surface area (Å²) < 4.78 is 0. The van der Waals surface area contributed by atoms with E-state index in [1.807, 2.05) is 0 Å². The Kier molecular flexibility index (Phi) is 2.28. The first-order valence-corrected chi connectivity index (χ1v) is 5.10. The predicted octanol–water partition coefficient (Wildman–Crippen LogP) is 3.07. The van der Waals surface area contributed by atoms with Gasteiger partial charge in [0, 0.05) is 11.1 Å². The van der Waals surface area contributed by atoms with E-state index in [0.29, 0.717) is 5.92 Å². The van der Waals surface area contributed by atoms with Gasteiger partial charge >= 0.3 is 0 Å². The van der Waals surface area contributed by atoms with Crippen molar-refractivity contribution in [2.45, 2.75) is 27.2 Å². The molecule has 0 aliphatic carbocycles. The van der Waals surface area contributed by atoms with Crippen molar-refractivity contribution in [1.82, 2.24) is 10.2 Å². The van der Waals surface area contributed by atoms with Crippen LogP contribution in [0.5, 0.6) is 0 Å². The lowest BCUT2D eigenvalue weighted by atomic mass is 10.0. The number of rotatable bonds is 2. The van der Waals surface area contributed by atoms with Gasteiger partial charge in [0.2, 0.25) is 0 Å². The lowest BCUT2D eigenvalue weighted by Gasteiger charge is -2.03. The fourth-order valence-electron chi connectivity index (χ4n) is 1.79. The van der Waals surface area contributed by atoms with Crippen molar-refractivity contribution >= 4 is 10.9 Å². The summed E-state index contributed by atoms with van der Waals surface area (Å²) in [5.74, 6) is 0.701. The fraction of sp³-hybridized carbons (Fsp3) is 0.417. The summed E-state index contributed by atoms with van der Waals surface area (Å²) in [5, 5.41) is 8.50. The Morgan fingerprint density at radius 3 is 2.86 bits per heavy atom. The molecule has 0 fully saturated rings. The van der Waals surface area contributed by atoms with E-state index >= 15 is 0 Å². The summed E-state index contributed by atoms with van der Waals surface area (Å²) >= 11 is 0. The van der Waals surface area contributed by atoms with Crippen LogP contribution in [0.25, 0.3) is 10.9 Å². The zero-order valence-corrected chi connectivity index (χ0v) is 8.96. The average molecular weight is 188 g/mol. The van der Waals surface area contributed by atoms with Gasteiger partial charge in [0.15, 0.2) is 0 Å². The minimum atomic E-state index is 0.701. The topological polar surface area (TPSA) is 28.7 Å². The summed E-state index contributed by atoms with van der Waals surface area (Å²) in [4.78, 5) is 0. The lowest BCUT2D eigenvalue weighted by Crippen LogP contribution is -1.93. The summed E-state index contributed by atoms with van der Waals surface area (Å²) in [7, 11) is 0. The smallest absolute Gasteiger partial charge is 0.0926 e. The summed E-state index contributed by atoms with van der Waals surface area (Å²) in [6.07, 6.45) is 1.13. The van der Waals surface area contributed by atoms with E-state index in [1.54, 1.807) is 0 Å². The molecule has 2 aromatic rings. The number of nitrogens with one attached hydrogen (secondary N) is 1. The zero-order chi connectivity index (χ0) is 10.1. The first-order valence-electron chi connectivity index (χ1n) is 5.10. The molecule has 74 valence electrons. The van der Waals surface area contributed by atoms with Gasteiger partial charge in [0.05, 0.1) is 5.52 Å². The molecule has 2 heteroatoms. The molecule has 1 aromatic carbocycles. The minimum absolute atomic E-state index is 0.701. The number of hydrogen-bond donors (Lipinski definition) is 1. The van der Waals surface area contributed by atoms with Gasteiger partial charge in [-0.05, 0) is 30.9 Å². The number of fused-ring (bicyclic) bond motifs is 1. The second kappa shape index (κ2) is 3.45. The van der Waals surface area contributed by atoms with Crippen LogP contribution >= 0.6 is 0 Å². The van der Waals surface area contributed by atoms with Crippen molar-refractivity contribution in [3.63, 3.8) is 0 Å². The molecule has 1 heterocycles. The molecule has 0 atom stereocenters. The number of nitrogens with zero attached hydrogens (tertiary/aromatic N) is 1. The number of aryl methyl sites for hydroxylation is 1. The van der Waals surface area contributed by atoms with Gasteiger partial charge in [-0.1, -0.05) is 26.0 Å². The van der Waals surface area contributed by atoms with Gasteiger partial charge in [0.1, 0.15) is 0 Å². The van der Waals surface area contributed by atoms with Gasteiger partial charge in [-0.15, -0.1) is 0 Å². The highest BCUT2D eigenvalue weighted by Crippen LogP contribution is 2.18. The van der Waals surface area contributed by atoms with Crippen LogP contribution in [0.1, 0.15) is 25.1 Å². The summed E-state index contributed by atoms with van der Waals surface area (Å²) in [6, 6.07) is 6.54. The Morgan fingerprint density at radius 2 is 2.14 bits per heavy atom. The lowest BCUT2D eigenvalue weighted by molar-refractivity contribution is 0.648. The quantitative estimate of drug-likeness (QED) is 0.770. The van der Waals surface area contributed by atoms with Crippen LogP contribution in [0.4, 0.5) is 0 Å². The third kappa shape index (κ3) is 1.65. The van der Waals surface area contributed by atoms with E-state index in [2.05, 4.69) is 49.2 Å². The third-order valence-corrected chi connectivity index (χ3v) is 2.45. The minimum Gasteiger partial charge on any atom is -0.282 e. The van der Waals surface area contributed by atoms with Crippen molar-refractivity contribution in [2.24, 2.45) is 5.92 Å². The van der Waals surface area contributed by atoms with Crippen LogP contribution in [0, 0.1) is 12.8 Å². The molecule has 1 aromatic heterocycles. The Balaban J connectivity index is 2.42. The highest BCUT2D eigenvalue weighted by Gasteiger charge is 2.03. The maximum absolute atomic E-state index is 4.26. The number of hydrogen-bond acceptors (Lipinski definition) is 1. The van der Waals surface area contributed by atoms with Crippen molar-refractivity contribution < 1.29 is 0 Å². The maximum Gasteiger partial charge on any atom is 0.0926 e. The van der Waals surface area contributed by atoms with E-state index in [0.717, 1.165) is 17.6 Å². The molecular weight excluding hydrogens is 172 g/mol. The van der Waals surface area contributed by atoms with Crippen LogP contribution < -0.4 is 0 Å². The second-order valence-corrected chi connectivity index (χ2v) is 4.30. The van der Waals surface area contributed by atoms with Gasteiger partial charge in [-0.2, -0.15) is 5.10 Å². The van der Waals surface area contributed by atoms with Crippen LogP contribution in [0.3, 0.4) is 0 Å². The normalized spacial score (nSPS) is 11.4. The predicted molar refractivity (Wildman–Crippen MR) is 59.4 cm³/mol. The molecule has 0 aliphatic heterocycles. The fourth-order valence-corrected chi connectivity index (χ4v) is 1.79. The second-order valence-electron chi connectivity index (χ2n) is 4.30. The molecule has 0 saturated carbocycles. The Hall–Kier alpha value is -1.31. The number of benzene rings is 1. The maximum atomic E-state index is 4.26. The molecule has 0 radical (unpaired) electrons. The van der Waals surface area contributed by atoms with Crippen LogP contribution in [0.15, 0.2) is 18.2 Å². The zero-order valence-electron chi connectivity index (χ0n) is 8.96. The Labute approximate surface area is 84.3 Å².